The molecule has 0 radical (unpaired) electrons. The van der Waals surface area contributed by atoms with Crippen molar-refractivity contribution in [2.75, 3.05) is 25.5 Å². The first-order valence-corrected chi connectivity index (χ1v) is 10.4. The third-order valence-corrected chi connectivity index (χ3v) is 6.67. The van der Waals surface area contributed by atoms with Crippen molar-refractivity contribution < 1.29 is 17.9 Å². The van der Waals surface area contributed by atoms with Crippen molar-refractivity contribution in [2.24, 2.45) is 0 Å². The fourth-order valence-corrected chi connectivity index (χ4v) is 4.97. The lowest BCUT2D eigenvalue weighted by molar-refractivity contribution is 0.102. The zero-order chi connectivity index (χ0) is 20.6. The first-order chi connectivity index (χ1) is 13.2. The van der Waals surface area contributed by atoms with Crippen molar-refractivity contribution in [3.63, 3.8) is 0 Å². The second-order valence-electron chi connectivity index (χ2n) is 6.69. The average molecular weight is 421 g/mol. The van der Waals surface area contributed by atoms with Gasteiger partial charge in [-0.05, 0) is 43.3 Å². The fraction of sp³-hybridized carbons (Fsp3) is 0.250. The maximum atomic E-state index is 13.5. The lowest BCUT2D eigenvalue weighted by Crippen LogP contribution is -2.45. The van der Waals surface area contributed by atoms with Crippen molar-refractivity contribution in [2.45, 2.75) is 17.9 Å². The van der Waals surface area contributed by atoms with E-state index in [0.717, 1.165) is 0 Å². The van der Waals surface area contributed by atoms with Crippen LogP contribution in [0, 0.1) is 0 Å². The van der Waals surface area contributed by atoms with Crippen LogP contribution in [0.3, 0.4) is 0 Å². The molecular weight excluding hydrogens is 400 g/mol. The topological polar surface area (TPSA) is 66.9 Å². The van der Waals surface area contributed by atoms with Crippen LogP contribution in [0.1, 0.15) is 17.3 Å². The molecule has 0 aromatic heterocycles. The van der Waals surface area contributed by atoms with Crippen molar-refractivity contribution >= 4 is 33.1 Å². The van der Waals surface area contributed by atoms with Crippen molar-refractivity contribution in [1.29, 1.82) is 0 Å². The van der Waals surface area contributed by atoms with Gasteiger partial charge in [-0.1, -0.05) is 11.6 Å². The number of fused-ring (bicyclic) bond motifs is 1. The van der Waals surface area contributed by atoms with Gasteiger partial charge in [0, 0.05) is 42.5 Å². The van der Waals surface area contributed by atoms with Gasteiger partial charge < -0.3 is 9.64 Å². The summed E-state index contributed by atoms with van der Waals surface area (Å²) >= 11 is 5.91. The molecule has 0 saturated heterocycles. The van der Waals surface area contributed by atoms with E-state index in [1.165, 1.54) is 35.7 Å². The molecule has 1 heterocycles. The minimum atomic E-state index is -3.95. The Kier molecular flexibility index (Phi) is 5.41. The van der Waals surface area contributed by atoms with Crippen LogP contribution in [-0.4, -0.2) is 46.3 Å². The number of nitrogens with zero attached hydrogens (tertiary/aromatic N) is 2. The molecule has 0 aliphatic carbocycles. The molecule has 2 aromatic carbocycles. The van der Waals surface area contributed by atoms with Gasteiger partial charge in [-0.15, -0.1) is 0 Å². The van der Waals surface area contributed by atoms with Gasteiger partial charge in [0.05, 0.1) is 23.7 Å². The summed E-state index contributed by atoms with van der Waals surface area (Å²) in [6.45, 7) is 1.70. The summed E-state index contributed by atoms with van der Waals surface area (Å²) in [6.07, 6.45) is 1.66. The number of halogens is 1. The number of hydrogen-bond acceptors (Lipinski definition) is 5. The van der Waals surface area contributed by atoms with Crippen LogP contribution >= 0.6 is 11.6 Å². The third-order valence-electron chi connectivity index (χ3n) is 4.52. The molecule has 8 heteroatoms. The molecule has 28 heavy (non-hydrogen) atoms. The Morgan fingerprint density at radius 3 is 2.36 bits per heavy atom. The van der Waals surface area contributed by atoms with Gasteiger partial charge in [0.2, 0.25) is 0 Å². The van der Waals surface area contributed by atoms with E-state index in [2.05, 4.69) is 0 Å². The summed E-state index contributed by atoms with van der Waals surface area (Å²) in [6, 6.07) is 10.1. The Morgan fingerprint density at radius 1 is 1.14 bits per heavy atom. The summed E-state index contributed by atoms with van der Waals surface area (Å²) in [5.74, 6) is 0.261. The number of anilines is 1. The molecule has 0 bridgehead atoms. The molecule has 0 saturated carbocycles. The minimum absolute atomic E-state index is 0.0936. The van der Waals surface area contributed by atoms with Crippen molar-refractivity contribution in [3.05, 3.63) is 64.8 Å². The number of rotatable bonds is 4. The number of carbonyl (C=O) groups is 1. The highest BCUT2D eigenvalue weighted by Gasteiger charge is 2.40. The number of Topliss-reactive ketones (excluding diaryl/α,β-unsaturated/α-hetero) is 1. The van der Waals surface area contributed by atoms with Crippen molar-refractivity contribution in [3.8, 4) is 5.75 Å². The average Bonchev–Trinajstić information content (AvgIpc) is 2.64. The van der Waals surface area contributed by atoms with Crippen LogP contribution in [0.5, 0.6) is 5.75 Å². The molecule has 3 rings (SSSR count). The van der Waals surface area contributed by atoms with E-state index in [9.17, 15) is 13.2 Å². The minimum Gasteiger partial charge on any atom is -0.497 e. The van der Waals surface area contributed by atoms with Crippen LogP contribution in [0.2, 0.25) is 5.02 Å². The molecule has 0 N–H and O–H groups in total. The highest BCUT2D eigenvalue weighted by molar-refractivity contribution is 7.92. The maximum Gasteiger partial charge on any atom is 0.264 e. The van der Waals surface area contributed by atoms with Gasteiger partial charge in [0.25, 0.3) is 10.0 Å². The zero-order valence-corrected chi connectivity index (χ0v) is 17.6. The molecule has 0 amide bonds. The largest absolute Gasteiger partial charge is 0.497 e. The van der Waals surface area contributed by atoms with E-state index in [0.29, 0.717) is 27.6 Å². The summed E-state index contributed by atoms with van der Waals surface area (Å²) in [7, 11) is 1.11. The number of sulfonamides is 1. The molecule has 1 atom stereocenters. The Hall–Kier alpha value is -2.51. The smallest absolute Gasteiger partial charge is 0.264 e. The first-order valence-electron chi connectivity index (χ1n) is 8.57. The summed E-state index contributed by atoms with van der Waals surface area (Å²) in [5.41, 5.74) is 0.993. The Morgan fingerprint density at radius 2 is 1.79 bits per heavy atom. The lowest BCUT2D eigenvalue weighted by atomic mass is 9.92. The molecule has 1 aliphatic rings. The van der Waals surface area contributed by atoms with Crippen LogP contribution in [-0.2, 0) is 10.0 Å². The molecule has 2 aromatic rings. The number of ketones is 1. The molecular formula is C20H21ClN2O4S. The van der Waals surface area contributed by atoms with Gasteiger partial charge in [-0.25, -0.2) is 8.42 Å². The predicted octanol–water partition coefficient (Wildman–Crippen LogP) is 3.57. The predicted molar refractivity (Wildman–Crippen MR) is 110 cm³/mol. The van der Waals surface area contributed by atoms with Crippen LogP contribution < -0.4 is 9.04 Å². The molecule has 1 unspecified atom stereocenters. The van der Waals surface area contributed by atoms with Gasteiger partial charge >= 0.3 is 0 Å². The second kappa shape index (κ2) is 7.48. The Labute approximate surface area is 170 Å². The van der Waals surface area contributed by atoms with E-state index in [-0.39, 0.29) is 10.7 Å². The number of hydrogen-bond donors (Lipinski definition) is 0. The van der Waals surface area contributed by atoms with Gasteiger partial charge in [-0.2, -0.15) is 0 Å². The zero-order valence-electron chi connectivity index (χ0n) is 16.0. The molecule has 148 valence electrons. The van der Waals surface area contributed by atoms with Crippen LogP contribution in [0.25, 0.3) is 0 Å². The van der Waals surface area contributed by atoms with E-state index in [4.69, 9.17) is 16.3 Å². The standard InChI is InChI=1S/C20H21ClN2O4S/c1-13-18(12-22(2)3)20(24)17-10-7-15(27-4)11-19(17)23(13)28(25,26)16-8-5-14(21)6-9-16/h5-13H,1-4H3. The van der Waals surface area contributed by atoms with E-state index < -0.39 is 16.1 Å². The number of methoxy groups -OCH3 is 1. The van der Waals surface area contributed by atoms with Gasteiger partial charge in [0.15, 0.2) is 5.78 Å². The summed E-state index contributed by atoms with van der Waals surface area (Å²) < 4.78 is 33.5. The highest BCUT2D eigenvalue weighted by atomic mass is 35.5. The Bertz CT molecular complexity index is 1050. The normalized spacial score (nSPS) is 18.2. The quantitative estimate of drug-likeness (QED) is 0.707. The Balaban J connectivity index is 2.27. The molecule has 0 spiro atoms. The van der Waals surface area contributed by atoms with Crippen LogP contribution in [0.4, 0.5) is 5.69 Å². The maximum absolute atomic E-state index is 13.5. The van der Waals surface area contributed by atoms with E-state index >= 15 is 0 Å². The molecule has 0 fully saturated rings. The van der Waals surface area contributed by atoms with Gasteiger partial charge in [-0.3, -0.25) is 9.10 Å². The third kappa shape index (κ3) is 3.47. The number of benzene rings is 2. The van der Waals surface area contributed by atoms with E-state index in [1.807, 2.05) is 0 Å². The number of ether oxygens (including phenoxy) is 1. The van der Waals surface area contributed by atoms with Gasteiger partial charge in [0.1, 0.15) is 5.75 Å². The van der Waals surface area contributed by atoms with Crippen molar-refractivity contribution in [1.82, 2.24) is 4.90 Å². The SMILES string of the molecule is COc1ccc2c(c1)N(S(=O)(=O)c1ccc(Cl)cc1)C(C)C(=CN(C)C)C2=O. The van der Waals surface area contributed by atoms with E-state index in [1.54, 1.807) is 50.3 Å². The molecule has 6 nitrogen and oxygen atoms in total. The lowest BCUT2D eigenvalue weighted by Gasteiger charge is -2.37. The fourth-order valence-electron chi connectivity index (χ4n) is 3.20. The summed E-state index contributed by atoms with van der Waals surface area (Å²) in [5, 5.41) is 0.441. The number of carbonyl (C=O) groups excluding carboxylic acids is 1. The monoisotopic (exact) mass is 420 g/mol. The highest BCUT2D eigenvalue weighted by Crippen LogP contribution is 2.39. The second-order valence-corrected chi connectivity index (χ2v) is 8.94. The summed E-state index contributed by atoms with van der Waals surface area (Å²) in [4.78, 5) is 14.9. The first kappa shape index (κ1) is 20.2. The molecule has 1 aliphatic heterocycles. The van der Waals surface area contributed by atoms with Crippen LogP contribution in [0.15, 0.2) is 59.1 Å².